The first-order valence-corrected chi connectivity index (χ1v) is 12.5. The van der Waals surface area contributed by atoms with Gasteiger partial charge in [-0.25, -0.2) is 8.42 Å². The first kappa shape index (κ1) is 27.9. The standard InChI is InChI=1S/C25H27N4.CHF3O3S/c1-18-15-20(19(2)29(18)24-7-6-14-26-17-24)8-10-22-11-9-21-16-23(27(3)4)12-13-25(21)28(22)5;2-1(3,4)8(5,6)7/h6-17H,1-5H3;(H,5,6,7)/q+1;/p-1. The number of aryl methyl sites for hydroxylation is 2. The van der Waals surface area contributed by atoms with Crippen LogP contribution in [0, 0.1) is 13.8 Å². The lowest BCUT2D eigenvalue weighted by molar-refractivity contribution is -0.646. The highest BCUT2D eigenvalue weighted by molar-refractivity contribution is 7.86. The lowest BCUT2D eigenvalue weighted by atomic mass is 10.1. The molecule has 0 aliphatic rings. The largest absolute Gasteiger partial charge is 0.741 e. The van der Waals surface area contributed by atoms with Gasteiger partial charge in [-0.3, -0.25) is 4.98 Å². The molecule has 11 heteroatoms. The van der Waals surface area contributed by atoms with Crippen molar-refractivity contribution in [2.45, 2.75) is 19.4 Å². The molecule has 0 aliphatic carbocycles. The van der Waals surface area contributed by atoms with E-state index in [1.807, 2.05) is 12.3 Å². The van der Waals surface area contributed by atoms with Crippen LogP contribution in [0.4, 0.5) is 18.9 Å². The Morgan fingerprint density at radius 3 is 2.30 bits per heavy atom. The average molecular weight is 533 g/mol. The molecule has 4 rings (SSSR count). The normalized spacial score (nSPS) is 12.0. The van der Waals surface area contributed by atoms with Crippen molar-refractivity contribution in [1.82, 2.24) is 9.55 Å². The van der Waals surface area contributed by atoms with Crippen LogP contribution in [-0.4, -0.2) is 42.1 Å². The molecule has 0 saturated carbocycles. The summed E-state index contributed by atoms with van der Waals surface area (Å²) in [6.07, 6.45) is 8.09. The van der Waals surface area contributed by atoms with Crippen molar-refractivity contribution in [3.63, 3.8) is 0 Å². The van der Waals surface area contributed by atoms with Crippen molar-refractivity contribution in [1.29, 1.82) is 0 Å². The monoisotopic (exact) mass is 532 g/mol. The predicted molar refractivity (Wildman–Crippen MR) is 137 cm³/mol. The third kappa shape index (κ3) is 6.36. The van der Waals surface area contributed by atoms with E-state index < -0.39 is 15.6 Å². The molecule has 0 radical (unpaired) electrons. The SMILES string of the molecule is Cc1cc(/C=C/c2ccc3cc(N(C)C)ccc3[n+]2C)c(C)n1-c1cccnc1.O=S(=O)([O-])C(F)(F)F. The molecule has 37 heavy (non-hydrogen) atoms. The molecule has 0 N–H and O–H groups in total. The fourth-order valence-corrected chi connectivity index (χ4v) is 3.87. The van der Waals surface area contributed by atoms with Gasteiger partial charge in [0.1, 0.15) is 7.05 Å². The minimum Gasteiger partial charge on any atom is -0.741 e. The Hall–Kier alpha value is -3.70. The van der Waals surface area contributed by atoms with Crippen LogP contribution >= 0.6 is 0 Å². The highest BCUT2D eigenvalue weighted by Crippen LogP contribution is 2.23. The van der Waals surface area contributed by atoms with Gasteiger partial charge in [0.15, 0.2) is 10.1 Å². The van der Waals surface area contributed by atoms with E-state index in [-0.39, 0.29) is 0 Å². The van der Waals surface area contributed by atoms with E-state index in [0.29, 0.717) is 0 Å². The van der Waals surface area contributed by atoms with E-state index in [4.69, 9.17) is 13.0 Å². The molecule has 7 nitrogen and oxygen atoms in total. The highest BCUT2D eigenvalue weighted by atomic mass is 32.2. The number of pyridine rings is 2. The molecule has 0 aliphatic heterocycles. The Bertz CT molecular complexity index is 1550. The second-order valence-electron chi connectivity index (χ2n) is 8.56. The minimum atomic E-state index is -6.09. The molecule has 0 atom stereocenters. The van der Waals surface area contributed by atoms with Gasteiger partial charge in [-0.2, -0.15) is 17.7 Å². The summed E-state index contributed by atoms with van der Waals surface area (Å²) in [5.41, 5.74) is 2.68. The summed E-state index contributed by atoms with van der Waals surface area (Å²) in [6.45, 7) is 4.29. The molecular formula is C26H27F3N4O3S. The van der Waals surface area contributed by atoms with Gasteiger partial charge in [0.25, 0.3) is 0 Å². The molecular weight excluding hydrogens is 505 g/mol. The van der Waals surface area contributed by atoms with Crippen molar-refractivity contribution >= 4 is 38.9 Å². The highest BCUT2D eigenvalue weighted by Gasteiger charge is 2.36. The Morgan fingerprint density at radius 1 is 1.05 bits per heavy atom. The molecule has 0 fully saturated rings. The first-order valence-electron chi connectivity index (χ1n) is 11.1. The smallest absolute Gasteiger partial charge is 0.485 e. The van der Waals surface area contributed by atoms with Gasteiger partial charge < -0.3 is 14.0 Å². The summed E-state index contributed by atoms with van der Waals surface area (Å²) >= 11 is 0. The van der Waals surface area contributed by atoms with E-state index in [1.54, 1.807) is 6.20 Å². The second kappa shape index (κ2) is 10.7. The molecule has 0 spiro atoms. The maximum absolute atomic E-state index is 10.7. The Kier molecular flexibility index (Phi) is 8.09. The van der Waals surface area contributed by atoms with Gasteiger partial charge in [-0.15, -0.1) is 0 Å². The zero-order valence-electron chi connectivity index (χ0n) is 21.0. The average Bonchev–Trinajstić information content (AvgIpc) is 3.11. The summed E-state index contributed by atoms with van der Waals surface area (Å²) < 4.78 is 63.4. The summed E-state index contributed by atoms with van der Waals surface area (Å²) in [6, 6.07) is 17.2. The number of nitrogens with zero attached hydrogens (tertiary/aromatic N) is 4. The number of rotatable bonds is 4. The van der Waals surface area contributed by atoms with E-state index in [0.717, 1.165) is 5.69 Å². The molecule has 4 aromatic rings. The van der Waals surface area contributed by atoms with E-state index in [1.165, 1.54) is 39.2 Å². The summed E-state index contributed by atoms with van der Waals surface area (Å²) in [4.78, 5) is 6.39. The predicted octanol–water partition coefficient (Wildman–Crippen LogP) is 4.75. The van der Waals surface area contributed by atoms with Crippen LogP contribution in [0.25, 0.3) is 28.7 Å². The number of halogens is 3. The molecule has 0 saturated heterocycles. The van der Waals surface area contributed by atoms with Crippen LogP contribution in [0.1, 0.15) is 22.6 Å². The molecule has 3 aromatic heterocycles. The minimum absolute atomic E-state index is 1.09. The summed E-state index contributed by atoms with van der Waals surface area (Å²) in [5, 5.41) is 1.24. The van der Waals surface area contributed by atoms with Crippen LogP contribution in [0.5, 0.6) is 0 Å². The quantitative estimate of drug-likeness (QED) is 0.215. The summed E-state index contributed by atoms with van der Waals surface area (Å²) in [7, 11) is 0.170. The Balaban J connectivity index is 0.000000414. The van der Waals surface area contributed by atoms with Crippen molar-refractivity contribution < 1.29 is 30.7 Å². The van der Waals surface area contributed by atoms with Crippen molar-refractivity contribution in [2.24, 2.45) is 7.05 Å². The van der Waals surface area contributed by atoms with Crippen LogP contribution in [0.15, 0.2) is 60.9 Å². The van der Waals surface area contributed by atoms with Gasteiger partial charge >= 0.3 is 5.51 Å². The molecule has 0 bridgehead atoms. The number of alkyl halides is 3. The van der Waals surface area contributed by atoms with Crippen LogP contribution < -0.4 is 9.47 Å². The van der Waals surface area contributed by atoms with Crippen LogP contribution in [0.3, 0.4) is 0 Å². The van der Waals surface area contributed by atoms with Gasteiger partial charge in [0, 0.05) is 61.0 Å². The van der Waals surface area contributed by atoms with Crippen molar-refractivity contribution in [2.75, 3.05) is 19.0 Å². The van der Waals surface area contributed by atoms with E-state index >= 15 is 0 Å². The molecule has 196 valence electrons. The fraction of sp³-hybridized carbons (Fsp3) is 0.231. The first-order chi connectivity index (χ1) is 17.2. The zero-order valence-corrected chi connectivity index (χ0v) is 21.8. The van der Waals surface area contributed by atoms with Crippen LogP contribution in [-0.2, 0) is 17.2 Å². The fourth-order valence-electron chi connectivity index (χ4n) is 3.87. The Labute approximate surface area is 213 Å². The summed E-state index contributed by atoms with van der Waals surface area (Å²) in [5.74, 6) is 0. The van der Waals surface area contributed by atoms with Gasteiger partial charge in [-0.1, -0.05) is 0 Å². The van der Waals surface area contributed by atoms with Crippen molar-refractivity contribution in [3.8, 4) is 5.69 Å². The number of anilines is 1. The second-order valence-corrected chi connectivity index (χ2v) is 9.93. The number of hydrogen-bond acceptors (Lipinski definition) is 5. The van der Waals surface area contributed by atoms with Gasteiger partial charge in [-0.05, 0) is 61.9 Å². The number of benzene rings is 1. The number of aromatic nitrogens is 3. The van der Waals surface area contributed by atoms with Crippen LogP contribution in [0.2, 0.25) is 0 Å². The van der Waals surface area contributed by atoms with E-state index in [9.17, 15) is 13.2 Å². The topological polar surface area (TPSA) is 82.1 Å². The zero-order chi connectivity index (χ0) is 27.5. The molecule has 0 unspecified atom stereocenters. The molecule has 3 heterocycles. The van der Waals surface area contributed by atoms with Gasteiger partial charge in [0.05, 0.1) is 11.9 Å². The lowest BCUT2D eigenvalue weighted by Gasteiger charge is -2.12. The molecule has 1 aromatic carbocycles. The molecule has 0 amide bonds. The maximum atomic E-state index is 10.7. The van der Waals surface area contributed by atoms with Gasteiger partial charge in [0.2, 0.25) is 11.2 Å². The maximum Gasteiger partial charge on any atom is 0.485 e. The Morgan fingerprint density at radius 2 is 1.73 bits per heavy atom. The van der Waals surface area contributed by atoms with Crippen molar-refractivity contribution in [3.05, 3.63) is 83.6 Å². The lowest BCUT2D eigenvalue weighted by Crippen LogP contribution is -2.32. The van der Waals surface area contributed by atoms with E-state index in [2.05, 4.69) is 109 Å². The third-order valence-electron chi connectivity index (χ3n) is 5.80. The third-order valence-corrected chi connectivity index (χ3v) is 6.37. The number of hydrogen-bond donors (Lipinski definition) is 0. The number of fused-ring (bicyclic) bond motifs is 1.